The highest BCUT2D eigenvalue weighted by atomic mass is 16.5. The van der Waals surface area contributed by atoms with Crippen LogP contribution in [-0.2, 0) is 6.61 Å². The van der Waals surface area contributed by atoms with Crippen molar-refractivity contribution in [3.8, 4) is 28.5 Å². The number of nitrogens with one attached hydrogen (secondary N) is 2. The van der Waals surface area contributed by atoms with Gasteiger partial charge in [-0.1, -0.05) is 0 Å². The van der Waals surface area contributed by atoms with Crippen LogP contribution in [0.1, 0.15) is 5.56 Å². The third-order valence-corrected chi connectivity index (χ3v) is 4.59. The maximum Gasteiger partial charge on any atom is 0.127 e. The van der Waals surface area contributed by atoms with E-state index in [0.29, 0.717) is 6.61 Å². The Hall–Kier alpha value is -4.06. The molecule has 0 saturated heterocycles. The van der Waals surface area contributed by atoms with Gasteiger partial charge in [0.2, 0.25) is 0 Å². The van der Waals surface area contributed by atoms with Crippen molar-refractivity contribution in [3.05, 3.63) is 90.9 Å². The van der Waals surface area contributed by atoms with E-state index in [0.717, 1.165) is 45.1 Å². The van der Waals surface area contributed by atoms with Gasteiger partial charge in [-0.2, -0.15) is 5.10 Å². The van der Waals surface area contributed by atoms with E-state index in [1.54, 1.807) is 6.20 Å². The van der Waals surface area contributed by atoms with Crippen LogP contribution in [-0.4, -0.2) is 20.2 Å². The molecular formula is C23H18N4O2. The van der Waals surface area contributed by atoms with Gasteiger partial charge in [0.05, 0.1) is 16.7 Å². The van der Waals surface area contributed by atoms with Gasteiger partial charge in [-0.3, -0.25) is 10.1 Å². The van der Waals surface area contributed by atoms with E-state index in [1.165, 1.54) is 0 Å². The molecule has 3 aromatic heterocycles. The average molecular weight is 382 g/mol. The van der Waals surface area contributed by atoms with Crippen LogP contribution in [0, 0.1) is 0 Å². The van der Waals surface area contributed by atoms with Gasteiger partial charge in [0, 0.05) is 24.2 Å². The molecule has 2 aromatic carbocycles. The molecule has 0 saturated carbocycles. The molecule has 0 amide bonds. The van der Waals surface area contributed by atoms with Crippen LogP contribution in [0.3, 0.4) is 0 Å². The van der Waals surface area contributed by atoms with Crippen molar-refractivity contribution in [2.45, 2.75) is 6.61 Å². The normalized spacial score (nSPS) is 10.9. The Bertz CT molecular complexity index is 1210. The maximum atomic E-state index is 5.91. The maximum absolute atomic E-state index is 5.91. The monoisotopic (exact) mass is 382 g/mol. The summed E-state index contributed by atoms with van der Waals surface area (Å²) < 4.78 is 11.8. The lowest BCUT2D eigenvalue weighted by molar-refractivity contribution is 0.305. The van der Waals surface area contributed by atoms with E-state index < -0.39 is 0 Å². The van der Waals surface area contributed by atoms with Crippen LogP contribution in [0.5, 0.6) is 17.2 Å². The van der Waals surface area contributed by atoms with Gasteiger partial charge in [0.15, 0.2) is 0 Å². The first-order chi connectivity index (χ1) is 14.3. The summed E-state index contributed by atoms with van der Waals surface area (Å²) in [6.45, 7) is 0.456. The van der Waals surface area contributed by atoms with Crippen LogP contribution in [0.15, 0.2) is 85.3 Å². The van der Waals surface area contributed by atoms with Crippen molar-refractivity contribution < 1.29 is 9.47 Å². The Morgan fingerprint density at radius 1 is 0.828 bits per heavy atom. The Balaban J connectivity index is 1.20. The largest absolute Gasteiger partial charge is 0.489 e. The van der Waals surface area contributed by atoms with Crippen LogP contribution in [0.4, 0.5) is 0 Å². The number of H-pyrrole nitrogens is 2. The van der Waals surface area contributed by atoms with E-state index >= 15 is 0 Å². The molecule has 0 unspecified atom stereocenters. The lowest BCUT2D eigenvalue weighted by Crippen LogP contribution is -1.96. The van der Waals surface area contributed by atoms with E-state index in [9.17, 15) is 0 Å². The predicted molar refractivity (Wildman–Crippen MR) is 111 cm³/mol. The number of nitrogens with zero attached hydrogens (tertiary/aromatic N) is 2. The summed E-state index contributed by atoms with van der Waals surface area (Å²) in [7, 11) is 0. The molecular weight excluding hydrogens is 364 g/mol. The van der Waals surface area contributed by atoms with Crippen LogP contribution in [0.2, 0.25) is 0 Å². The molecule has 0 radical (unpaired) electrons. The lowest BCUT2D eigenvalue weighted by Gasteiger charge is -2.09. The highest BCUT2D eigenvalue weighted by Gasteiger charge is 2.03. The first kappa shape index (κ1) is 17.1. The van der Waals surface area contributed by atoms with Gasteiger partial charge in [0.25, 0.3) is 0 Å². The fourth-order valence-electron chi connectivity index (χ4n) is 3.08. The van der Waals surface area contributed by atoms with E-state index in [4.69, 9.17) is 9.47 Å². The van der Waals surface area contributed by atoms with E-state index in [1.807, 2.05) is 79.1 Å². The second kappa shape index (κ2) is 7.52. The fraction of sp³-hybridized carbons (Fsp3) is 0.0435. The number of hydrogen-bond donors (Lipinski definition) is 2. The lowest BCUT2D eigenvalue weighted by atomic mass is 10.1. The standard InChI is InChI=1S/C23H18N4O2/c1-3-19(4-2-17(1)21-10-12-26-27-21)29-20-7-5-18(6-8-20)28-15-16-13-23-22(25-14-16)9-11-24-23/h1-14,24H,15H2,(H,26,27). The highest BCUT2D eigenvalue weighted by molar-refractivity contribution is 5.75. The molecule has 6 heteroatoms. The number of ether oxygens (including phenoxy) is 2. The highest BCUT2D eigenvalue weighted by Crippen LogP contribution is 2.26. The summed E-state index contributed by atoms with van der Waals surface area (Å²) in [5, 5.41) is 6.92. The first-order valence-electron chi connectivity index (χ1n) is 9.26. The minimum absolute atomic E-state index is 0.456. The van der Waals surface area contributed by atoms with Gasteiger partial charge in [0.1, 0.15) is 23.9 Å². The molecule has 142 valence electrons. The topological polar surface area (TPSA) is 75.8 Å². The molecule has 0 fully saturated rings. The minimum Gasteiger partial charge on any atom is -0.489 e. The van der Waals surface area contributed by atoms with Gasteiger partial charge in [-0.15, -0.1) is 0 Å². The summed E-state index contributed by atoms with van der Waals surface area (Å²) in [6, 6.07) is 21.4. The Labute approximate surface area is 167 Å². The molecule has 0 atom stereocenters. The van der Waals surface area contributed by atoms with Crippen LogP contribution < -0.4 is 9.47 Å². The first-order valence-corrected chi connectivity index (χ1v) is 9.26. The molecule has 0 spiro atoms. The summed E-state index contributed by atoms with van der Waals surface area (Å²) in [5.41, 5.74) is 5.01. The second-order valence-corrected chi connectivity index (χ2v) is 6.61. The quantitative estimate of drug-likeness (QED) is 0.416. The molecule has 0 aliphatic rings. The summed E-state index contributed by atoms with van der Waals surface area (Å²) in [4.78, 5) is 7.56. The molecule has 0 aliphatic heterocycles. The van der Waals surface area contributed by atoms with Gasteiger partial charge < -0.3 is 14.5 Å². The van der Waals surface area contributed by atoms with Gasteiger partial charge in [-0.25, -0.2) is 0 Å². The Morgan fingerprint density at radius 2 is 1.59 bits per heavy atom. The summed E-state index contributed by atoms with van der Waals surface area (Å²) in [6.07, 6.45) is 5.45. The number of benzene rings is 2. The van der Waals surface area contributed by atoms with Gasteiger partial charge >= 0.3 is 0 Å². The van der Waals surface area contributed by atoms with Crippen molar-refractivity contribution in [1.82, 2.24) is 20.2 Å². The van der Waals surface area contributed by atoms with E-state index in [2.05, 4.69) is 20.2 Å². The third-order valence-electron chi connectivity index (χ3n) is 4.59. The summed E-state index contributed by atoms with van der Waals surface area (Å²) >= 11 is 0. The Kier molecular flexibility index (Phi) is 4.42. The fourth-order valence-corrected chi connectivity index (χ4v) is 3.08. The second-order valence-electron chi connectivity index (χ2n) is 6.61. The number of pyridine rings is 1. The van der Waals surface area contributed by atoms with Gasteiger partial charge in [-0.05, 0) is 72.3 Å². The molecule has 2 N–H and O–H groups in total. The zero-order valence-electron chi connectivity index (χ0n) is 15.5. The smallest absolute Gasteiger partial charge is 0.127 e. The molecule has 0 bridgehead atoms. The molecule has 6 nitrogen and oxygen atoms in total. The van der Waals surface area contributed by atoms with Crippen molar-refractivity contribution in [3.63, 3.8) is 0 Å². The number of aromatic nitrogens is 4. The van der Waals surface area contributed by atoms with Crippen molar-refractivity contribution in [2.24, 2.45) is 0 Å². The molecule has 0 aliphatic carbocycles. The number of fused-ring (bicyclic) bond motifs is 1. The molecule has 29 heavy (non-hydrogen) atoms. The predicted octanol–water partition coefficient (Wildman–Crippen LogP) is 5.32. The van der Waals surface area contributed by atoms with Crippen molar-refractivity contribution in [1.29, 1.82) is 0 Å². The van der Waals surface area contributed by atoms with E-state index in [-0.39, 0.29) is 0 Å². The molecule has 5 aromatic rings. The van der Waals surface area contributed by atoms with Crippen molar-refractivity contribution >= 4 is 11.0 Å². The molecule has 3 heterocycles. The zero-order chi connectivity index (χ0) is 19.5. The summed E-state index contributed by atoms with van der Waals surface area (Å²) in [5.74, 6) is 2.30. The van der Waals surface area contributed by atoms with Crippen LogP contribution >= 0.6 is 0 Å². The number of hydrogen-bond acceptors (Lipinski definition) is 4. The number of rotatable bonds is 6. The molecule has 5 rings (SSSR count). The minimum atomic E-state index is 0.456. The van der Waals surface area contributed by atoms with Crippen LogP contribution in [0.25, 0.3) is 22.3 Å². The zero-order valence-corrected chi connectivity index (χ0v) is 15.5. The Morgan fingerprint density at radius 3 is 2.34 bits per heavy atom. The average Bonchev–Trinajstić information content (AvgIpc) is 3.46. The van der Waals surface area contributed by atoms with Crippen molar-refractivity contribution in [2.75, 3.05) is 0 Å². The SMILES string of the molecule is c1cc(-c2ccc(Oc3ccc(OCc4cnc5cc[nH]c5c4)cc3)cc2)[nH]n1. The third kappa shape index (κ3) is 3.82. The number of aromatic amines is 2.